The number of nitrogens with zero attached hydrogens (tertiary/aromatic N) is 7. The minimum absolute atomic E-state index is 0.242. The number of nitrogens with one attached hydrogen (secondary N) is 1. The van der Waals surface area contributed by atoms with E-state index in [0.717, 1.165) is 16.8 Å². The average molecular weight is 443 g/mol. The molecule has 0 saturated carbocycles. The number of carbonyl (C=O) groups is 1. The van der Waals surface area contributed by atoms with Crippen LogP contribution in [0.4, 0.5) is 0 Å². The normalized spacial score (nSPS) is 12.4. The van der Waals surface area contributed by atoms with Crippen molar-refractivity contribution in [3.8, 4) is 16.9 Å². The van der Waals surface area contributed by atoms with E-state index in [4.69, 9.17) is 0 Å². The first-order valence-electron chi connectivity index (χ1n) is 10.7. The van der Waals surface area contributed by atoms with Gasteiger partial charge in [-0.3, -0.25) is 19.7 Å². The third-order valence-electron chi connectivity index (χ3n) is 5.15. The summed E-state index contributed by atoms with van der Waals surface area (Å²) in [5.74, 6) is 0.449. The van der Waals surface area contributed by atoms with E-state index >= 15 is 0 Å². The number of rotatable bonds is 5. The molecule has 3 aromatic heterocycles. The van der Waals surface area contributed by atoms with Gasteiger partial charge in [0.05, 0.1) is 29.3 Å². The highest BCUT2D eigenvalue weighted by molar-refractivity contribution is 5.96. The van der Waals surface area contributed by atoms with E-state index in [1.807, 2.05) is 58.9 Å². The smallest absolute Gasteiger partial charge is 0.251 e. The second-order valence-corrected chi connectivity index (χ2v) is 8.98. The molecule has 1 unspecified atom stereocenters. The quantitative estimate of drug-likeness (QED) is 0.502. The molecule has 1 atom stereocenters. The van der Waals surface area contributed by atoms with Gasteiger partial charge in [0.2, 0.25) is 0 Å². The molecule has 0 bridgehead atoms. The highest BCUT2D eigenvalue weighted by atomic mass is 16.1. The van der Waals surface area contributed by atoms with Crippen molar-refractivity contribution in [1.29, 1.82) is 0 Å². The molecule has 4 aromatic rings. The Morgan fingerprint density at radius 2 is 1.88 bits per heavy atom. The summed E-state index contributed by atoms with van der Waals surface area (Å²) in [6.45, 7) is 9.97. The first-order valence-corrected chi connectivity index (χ1v) is 10.7. The van der Waals surface area contributed by atoms with Gasteiger partial charge in [0.25, 0.3) is 5.91 Å². The van der Waals surface area contributed by atoms with Gasteiger partial charge in [-0.15, -0.1) is 5.10 Å². The minimum Gasteiger partial charge on any atom is -0.344 e. The molecule has 0 fully saturated rings. The largest absolute Gasteiger partial charge is 0.344 e. The molecule has 0 spiro atoms. The van der Waals surface area contributed by atoms with Gasteiger partial charge in [0, 0.05) is 35.1 Å². The second kappa shape index (κ2) is 8.85. The van der Waals surface area contributed by atoms with Crippen LogP contribution < -0.4 is 5.32 Å². The van der Waals surface area contributed by atoms with Gasteiger partial charge < -0.3 is 5.32 Å². The van der Waals surface area contributed by atoms with Gasteiger partial charge in [-0.05, 0) is 54.1 Å². The fourth-order valence-corrected chi connectivity index (χ4v) is 3.37. The summed E-state index contributed by atoms with van der Waals surface area (Å²) in [4.78, 5) is 26.1. The Morgan fingerprint density at radius 1 is 1.06 bits per heavy atom. The molecule has 33 heavy (non-hydrogen) atoms. The molecule has 0 saturated heterocycles. The fourth-order valence-electron chi connectivity index (χ4n) is 3.37. The van der Waals surface area contributed by atoms with E-state index < -0.39 is 0 Å². The number of carbonyl (C=O) groups excluding carboxylic acids is 1. The monoisotopic (exact) mass is 442 g/mol. The van der Waals surface area contributed by atoms with Crippen LogP contribution in [0.2, 0.25) is 0 Å². The van der Waals surface area contributed by atoms with Gasteiger partial charge in [-0.25, -0.2) is 0 Å². The Hall–Kier alpha value is -4.01. The standard InChI is InChI=1S/C24H26N8O/c1-15-6-7-20(27-13-15)17-10-18(22(33)28-16(2)21-14-25-8-9-26-21)12-19(11-17)32-23(24(3,4)5)29-30-31-32/h6-14,16H,1-5H3,(H,28,33). The van der Waals surface area contributed by atoms with Crippen molar-refractivity contribution in [1.82, 2.24) is 40.5 Å². The highest BCUT2D eigenvalue weighted by Crippen LogP contribution is 2.27. The van der Waals surface area contributed by atoms with Gasteiger partial charge in [-0.1, -0.05) is 26.8 Å². The summed E-state index contributed by atoms with van der Waals surface area (Å²) in [5.41, 5.74) is 4.14. The zero-order chi connectivity index (χ0) is 23.6. The zero-order valence-electron chi connectivity index (χ0n) is 19.3. The molecule has 0 aliphatic carbocycles. The van der Waals surface area contributed by atoms with Gasteiger partial charge in [0.15, 0.2) is 5.82 Å². The van der Waals surface area contributed by atoms with Crippen LogP contribution in [0.1, 0.15) is 61.2 Å². The molecule has 9 heteroatoms. The van der Waals surface area contributed by atoms with E-state index in [1.54, 1.807) is 35.5 Å². The van der Waals surface area contributed by atoms with Gasteiger partial charge >= 0.3 is 0 Å². The molecule has 0 aliphatic heterocycles. The van der Waals surface area contributed by atoms with Crippen LogP contribution in [0.15, 0.2) is 55.1 Å². The van der Waals surface area contributed by atoms with Crippen molar-refractivity contribution in [2.75, 3.05) is 0 Å². The van der Waals surface area contributed by atoms with E-state index in [-0.39, 0.29) is 17.4 Å². The van der Waals surface area contributed by atoms with E-state index in [1.165, 1.54) is 0 Å². The topological polar surface area (TPSA) is 111 Å². The van der Waals surface area contributed by atoms with Crippen LogP contribution in [0.5, 0.6) is 0 Å². The van der Waals surface area contributed by atoms with Gasteiger partial charge in [-0.2, -0.15) is 4.68 Å². The summed E-state index contributed by atoms with van der Waals surface area (Å²) in [7, 11) is 0. The molecular weight excluding hydrogens is 416 g/mol. The molecule has 0 aliphatic rings. The minimum atomic E-state index is -0.311. The molecule has 9 nitrogen and oxygen atoms in total. The molecule has 1 aromatic carbocycles. The Bertz CT molecular complexity index is 1260. The summed E-state index contributed by atoms with van der Waals surface area (Å²) in [6.07, 6.45) is 6.64. The van der Waals surface area contributed by atoms with Crippen LogP contribution >= 0.6 is 0 Å². The van der Waals surface area contributed by atoms with Crippen LogP contribution in [-0.4, -0.2) is 41.1 Å². The Balaban J connectivity index is 1.77. The Labute approximate surface area is 192 Å². The Morgan fingerprint density at radius 3 is 2.55 bits per heavy atom. The third-order valence-corrected chi connectivity index (χ3v) is 5.15. The lowest BCUT2D eigenvalue weighted by molar-refractivity contribution is 0.0939. The predicted octanol–water partition coefficient (Wildman–Crippen LogP) is 3.61. The number of benzene rings is 1. The number of hydrogen-bond acceptors (Lipinski definition) is 7. The maximum absolute atomic E-state index is 13.2. The van der Waals surface area contributed by atoms with Crippen molar-refractivity contribution in [2.24, 2.45) is 0 Å². The summed E-state index contributed by atoms with van der Waals surface area (Å²) in [6, 6.07) is 9.15. The number of aryl methyl sites for hydroxylation is 1. The Kier molecular flexibility index (Phi) is 5.95. The van der Waals surface area contributed by atoms with Crippen LogP contribution in [0.3, 0.4) is 0 Å². The molecular formula is C24H26N8O. The molecule has 168 valence electrons. The maximum atomic E-state index is 13.2. The van der Waals surface area contributed by atoms with E-state index in [9.17, 15) is 4.79 Å². The SMILES string of the molecule is Cc1ccc(-c2cc(C(=O)NC(C)c3cnccn3)cc(-n3nnnc3C(C)(C)C)c2)nc1. The van der Waals surface area contributed by atoms with E-state index in [0.29, 0.717) is 22.8 Å². The summed E-state index contributed by atoms with van der Waals surface area (Å²) < 4.78 is 1.67. The van der Waals surface area contributed by atoms with Crippen molar-refractivity contribution in [3.05, 3.63) is 77.8 Å². The second-order valence-electron chi connectivity index (χ2n) is 8.98. The number of aromatic nitrogens is 7. The predicted molar refractivity (Wildman–Crippen MR) is 124 cm³/mol. The molecule has 1 N–H and O–H groups in total. The first kappa shape index (κ1) is 22.2. The van der Waals surface area contributed by atoms with Crippen LogP contribution in [0, 0.1) is 6.92 Å². The van der Waals surface area contributed by atoms with E-state index in [2.05, 4.69) is 35.8 Å². The van der Waals surface area contributed by atoms with Crippen LogP contribution in [0.25, 0.3) is 16.9 Å². The zero-order valence-corrected chi connectivity index (χ0v) is 19.3. The van der Waals surface area contributed by atoms with Crippen LogP contribution in [-0.2, 0) is 5.41 Å². The molecule has 4 rings (SSSR count). The number of hydrogen-bond donors (Lipinski definition) is 1. The highest BCUT2D eigenvalue weighted by Gasteiger charge is 2.24. The maximum Gasteiger partial charge on any atom is 0.251 e. The molecule has 3 heterocycles. The fraction of sp³-hybridized carbons (Fsp3) is 0.292. The van der Waals surface area contributed by atoms with Gasteiger partial charge in [0.1, 0.15) is 0 Å². The lowest BCUT2D eigenvalue weighted by Crippen LogP contribution is -2.27. The summed E-state index contributed by atoms with van der Waals surface area (Å²) >= 11 is 0. The molecule has 0 radical (unpaired) electrons. The lowest BCUT2D eigenvalue weighted by atomic mass is 9.95. The van der Waals surface area contributed by atoms with Crippen molar-refractivity contribution < 1.29 is 4.79 Å². The third kappa shape index (κ3) is 4.92. The number of amides is 1. The van der Waals surface area contributed by atoms with Crippen molar-refractivity contribution in [3.63, 3.8) is 0 Å². The lowest BCUT2D eigenvalue weighted by Gasteiger charge is -2.18. The van der Waals surface area contributed by atoms with Crippen molar-refractivity contribution in [2.45, 2.75) is 46.1 Å². The number of tetrazole rings is 1. The number of pyridine rings is 1. The average Bonchev–Trinajstić information content (AvgIpc) is 3.31. The molecule has 1 amide bonds. The summed E-state index contributed by atoms with van der Waals surface area (Å²) in [5, 5.41) is 15.3. The van der Waals surface area contributed by atoms with Crippen molar-refractivity contribution >= 4 is 5.91 Å². The first-order chi connectivity index (χ1) is 15.7.